The van der Waals surface area contributed by atoms with Gasteiger partial charge >= 0.3 is 5.97 Å². The van der Waals surface area contributed by atoms with Crippen molar-refractivity contribution in [2.24, 2.45) is 0 Å². The molecule has 1 aliphatic heterocycles. The van der Waals surface area contributed by atoms with Crippen LogP contribution in [0.1, 0.15) is 11.1 Å². The Bertz CT molecular complexity index is 1180. The van der Waals surface area contributed by atoms with E-state index < -0.39 is 54.9 Å². The van der Waals surface area contributed by atoms with Gasteiger partial charge in [0.1, 0.15) is 31.5 Å². The first-order chi connectivity index (χ1) is 19.3. The average Bonchev–Trinajstić information content (AvgIpc) is 2.95. The van der Waals surface area contributed by atoms with Crippen LogP contribution in [0.15, 0.2) is 67.8 Å². The molecule has 0 aromatic heterocycles. The number of ether oxygens (including phenoxy) is 5. The van der Waals surface area contributed by atoms with E-state index in [1.165, 1.54) is 12.1 Å². The molecule has 1 heterocycles. The zero-order chi connectivity index (χ0) is 29.1. The van der Waals surface area contributed by atoms with E-state index in [0.29, 0.717) is 24.5 Å². The molecule has 1 aliphatic rings. The van der Waals surface area contributed by atoms with Crippen molar-refractivity contribution < 1.29 is 52.6 Å². The second-order valence-electron chi connectivity index (χ2n) is 8.72. The summed E-state index contributed by atoms with van der Waals surface area (Å²) < 4.78 is 54.0. The van der Waals surface area contributed by atoms with Crippen LogP contribution in [-0.2, 0) is 25.4 Å². The summed E-state index contributed by atoms with van der Waals surface area (Å²) in [6, 6.07) is 8.38. The minimum atomic E-state index is -1.64. The van der Waals surface area contributed by atoms with Gasteiger partial charge in [-0.3, -0.25) is 0 Å². The van der Waals surface area contributed by atoms with Crippen LogP contribution in [0.4, 0.5) is 8.78 Å². The van der Waals surface area contributed by atoms with Crippen LogP contribution in [0, 0.1) is 11.6 Å². The number of carbonyl (C=O) groups is 1. The number of rotatable bonds is 14. The van der Waals surface area contributed by atoms with Gasteiger partial charge in [0.15, 0.2) is 35.5 Å². The fourth-order valence-electron chi connectivity index (χ4n) is 3.82. The van der Waals surface area contributed by atoms with Crippen LogP contribution in [0.5, 0.6) is 11.5 Å². The molecule has 2 aromatic carbocycles. The van der Waals surface area contributed by atoms with Crippen molar-refractivity contribution in [1.82, 2.24) is 0 Å². The van der Waals surface area contributed by atoms with E-state index in [4.69, 9.17) is 23.7 Å². The molecule has 1 saturated heterocycles. The predicted molar refractivity (Wildman–Crippen MR) is 141 cm³/mol. The van der Waals surface area contributed by atoms with Gasteiger partial charge in [0, 0.05) is 6.08 Å². The topological polar surface area (TPSA) is 124 Å². The van der Waals surface area contributed by atoms with E-state index in [2.05, 4.69) is 13.2 Å². The summed E-state index contributed by atoms with van der Waals surface area (Å²) >= 11 is 0. The lowest BCUT2D eigenvalue weighted by atomic mass is 9.99. The molecular formula is C29H32F2O9. The number of benzene rings is 2. The minimum Gasteiger partial charge on any atom is -0.486 e. The van der Waals surface area contributed by atoms with Gasteiger partial charge in [-0.15, -0.1) is 0 Å². The summed E-state index contributed by atoms with van der Waals surface area (Å²) in [6.07, 6.45) is -1.47. The molecule has 3 N–H and O–H groups in total. The number of hydrogen-bond donors (Lipinski definition) is 3. The van der Waals surface area contributed by atoms with Gasteiger partial charge in [0.05, 0.1) is 13.2 Å². The molecule has 0 spiro atoms. The maximum atomic E-state index is 13.3. The lowest BCUT2D eigenvalue weighted by Crippen LogP contribution is -2.60. The monoisotopic (exact) mass is 562 g/mol. The van der Waals surface area contributed by atoms with Gasteiger partial charge < -0.3 is 39.0 Å². The van der Waals surface area contributed by atoms with Crippen molar-refractivity contribution >= 4 is 12.0 Å². The van der Waals surface area contributed by atoms with E-state index in [9.17, 15) is 28.9 Å². The first-order valence-corrected chi connectivity index (χ1v) is 12.5. The molecule has 5 atom stereocenters. The third-order valence-corrected chi connectivity index (χ3v) is 5.82. The Hall–Kier alpha value is -3.61. The number of aliphatic hydroxyl groups is 3. The number of aliphatic hydroxyl groups excluding tert-OH is 3. The van der Waals surface area contributed by atoms with Crippen molar-refractivity contribution in [3.05, 3.63) is 90.5 Å². The molecule has 0 saturated carbocycles. The summed E-state index contributed by atoms with van der Waals surface area (Å²) in [7, 11) is 0. The Labute approximate surface area is 230 Å². The summed E-state index contributed by atoms with van der Waals surface area (Å²) in [5, 5.41) is 30.9. The molecule has 0 aliphatic carbocycles. The predicted octanol–water partition coefficient (Wildman–Crippen LogP) is 2.72. The van der Waals surface area contributed by atoms with E-state index in [0.717, 1.165) is 23.8 Å². The number of halogens is 2. The Morgan fingerprint density at radius 1 is 0.975 bits per heavy atom. The highest BCUT2D eigenvalue weighted by Gasteiger charge is 2.46. The minimum absolute atomic E-state index is 0.0712. The Morgan fingerprint density at radius 3 is 2.38 bits per heavy atom. The van der Waals surface area contributed by atoms with Crippen molar-refractivity contribution in [2.75, 3.05) is 26.4 Å². The lowest BCUT2D eigenvalue weighted by Gasteiger charge is -2.41. The fraction of sp³-hybridized carbons (Fsp3) is 0.345. The molecule has 0 bridgehead atoms. The standard InChI is InChI=1S/C29H32F2O9/c1-3-12-36-22-9-6-19(16-23(22)37-13-4-2)11-14-38-29-27(35)26(34)28(24(17-32)39-29)40-25(33)10-7-18-5-8-20(30)21(31)15-18/h3-10,15-16,24,26-29,32,34-35H,1-2,11-14,17H2/t24-,26-,27-,28-,29-/m1/s1. The van der Waals surface area contributed by atoms with Gasteiger partial charge in [0.2, 0.25) is 0 Å². The number of hydrogen-bond acceptors (Lipinski definition) is 9. The highest BCUT2D eigenvalue weighted by molar-refractivity contribution is 5.87. The highest BCUT2D eigenvalue weighted by atomic mass is 19.2. The van der Waals surface area contributed by atoms with E-state index in [1.807, 2.05) is 6.07 Å². The van der Waals surface area contributed by atoms with Crippen LogP contribution in [0.25, 0.3) is 6.08 Å². The first kappa shape index (κ1) is 30.9. The third-order valence-electron chi connectivity index (χ3n) is 5.82. The average molecular weight is 563 g/mol. The summed E-state index contributed by atoms with van der Waals surface area (Å²) in [5.74, 6) is -2.04. The Kier molecular flexibility index (Phi) is 11.8. The quantitative estimate of drug-likeness (QED) is 0.181. The maximum Gasteiger partial charge on any atom is 0.331 e. The lowest BCUT2D eigenvalue weighted by molar-refractivity contribution is -0.302. The number of carbonyl (C=O) groups excluding carboxylic acids is 1. The highest BCUT2D eigenvalue weighted by Crippen LogP contribution is 2.29. The largest absolute Gasteiger partial charge is 0.486 e. The van der Waals surface area contributed by atoms with Crippen molar-refractivity contribution in [3.63, 3.8) is 0 Å². The smallest absolute Gasteiger partial charge is 0.331 e. The van der Waals surface area contributed by atoms with Crippen LogP contribution in [-0.4, -0.2) is 78.4 Å². The summed E-state index contributed by atoms with van der Waals surface area (Å²) in [6.45, 7) is 7.26. The zero-order valence-electron chi connectivity index (χ0n) is 21.7. The number of esters is 1. The molecule has 3 rings (SSSR count). The normalized spacial score (nSPS) is 22.6. The second kappa shape index (κ2) is 15.2. The van der Waals surface area contributed by atoms with Gasteiger partial charge in [-0.1, -0.05) is 37.4 Å². The molecule has 40 heavy (non-hydrogen) atoms. The van der Waals surface area contributed by atoms with E-state index in [1.54, 1.807) is 24.3 Å². The second-order valence-corrected chi connectivity index (χ2v) is 8.72. The summed E-state index contributed by atoms with van der Waals surface area (Å²) in [5.41, 5.74) is 1.02. The maximum absolute atomic E-state index is 13.3. The third kappa shape index (κ3) is 8.44. The van der Waals surface area contributed by atoms with Gasteiger partial charge in [0.25, 0.3) is 0 Å². The molecule has 11 heteroatoms. The Morgan fingerprint density at radius 2 is 1.70 bits per heavy atom. The Balaban J connectivity index is 1.57. The SMILES string of the molecule is C=CCOc1ccc(CCO[C@@H]2O[C@H](CO)[C@@H](OC(=O)C=Cc3ccc(F)c(F)c3)[C@H](O)[C@H]2O)cc1OCC=C. The molecule has 0 amide bonds. The molecule has 1 fully saturated rings. The molecule has 2 aromatic rings. The first-order valence-electron chi connectivity index (χ1n) is 12.5. The molecule has 0 unspecified atom stereocenters. The van der Waals surface area contributed by atoms with Gasteiger partial charge in [-0.2, -0.15) is 0 Å². The molecule has 9 nitrogen and oxygen atoms in total. The summed E-state index contributed by atoms with van der Waals surface area (Å²) in [4.78, 5) is 12.3. The van der Waals surface area contributed by atoms with Gasteiger partial charge in [-0.05, 0) is 47.9 Å². The van der Waals surface area contributed by atoms with E-state index in [-0.39, 0.29) is 18.8 Å². The van der Waals surface area contributed by atoms with Crippen molar-refractivity contribution in [1.29, 1.82) is 0 Å². The van der Waals surface area contributed by atoms with Crippen LogP contribution >= 0.6 is 0 Å². The molecular weight excluding hydrogens is 530 g/mol. The molecule has 0 radical (unpaired) electrons. The zero-order valence-corrected chi connectivity index (χ0v) is 21.7. The van der Waals surface area contributed by atoms with Gasteiger partial charge in [-0.25, -0.2) is 13.6 Å². The van der Waals surface area contributed by atoms with Crippen LogP contribution < -0.4 is 9.47 Å². The van der Waals surface area contributed by atoms with Crippen LogP contribution in [0.3, 0.4) is 0 Å². The van der Waals surface area contributed by atoms with Crippen LogP contribution in [0.2, 0.25) is 0 Å². The fourth-order valence-corrected chi connectivity index (χ4v) is 3.82. The van der Waals surface area contributed by atoms with Crippen molar-refractivity contribution in [2.45, 2.75) is 37.1 Å². The molecule has 216 valence electrons. The van der Waals surface area contributed by atoms with E-state index >= 15 is 0 Å². The van der Waals surface area contributed by atoms with Crippen molar-refractivity contribution in [3.8, 4) is 11.5 Å².